The second-order valence-corrected chi connectivity index (χ2v) is 4.46. The molecule has 0 aromatic carbocycles. The van der Waals surface area contributed by atoms with E-state index in [1.807, 2.05) is 4.90 Å². The second kappa shape index (κ2) is 8.60. The van der Waals surface area contributed by atoms with E-state index in [0.29, 0.717) is 6.29 Å². The molecule has 0 saturated carbocycles. The van der Waals surface area contributed by atoms with Gasteiger partial charge in [0, 0.05) is 6.04 Å². The van der Waals surface area contributed by atoms with Crippen LogP contribution in [0.2, 0.25) is 0 Å². The maximum atomic E-state index is 11.1. The van der Waals surface area contributed by atoms with Gasteiger partial charge in [-0.3, -0.25) is 10.2 Å². The first kappa shape index (κ1) is 18.5. The molecule has 3 atom stereocenters. The Kier molecular flexibility index (Phi) is 8.36. The highest BCUT2D eigenvalue weighted by molar-refractivity contribution is 5.85. The van der Waals surface area contributed by atoms with Crippen LogP contribution in [-0.4, -0.2) is 61.1 Å². The van der Waals surface area contributed by atoms with Crippen molar-refractivity contribution in [3.63, 3.8) is 0 Å². The number of hydrogen-bond acceptors (Lipinski definition) is 6. The highest BCUT2D eigenvalue weighted by Crippen LogP contribution is 2.22. The van der Waals surface area contributed by atoms with Crippen LogP contribution in [0.1, 0.15) is 12.8 Å². The normalized spacial score (nSPS) is 31.9. The predicted octanol–water partition coefficient (Wildman–Crippen LogP) is -0.853. The molecule has 0 aromatic heterocycles. The van der Waals surface area contributed by atoms with Crippen LogP contribution in [0.4, 0.5) is 0 Å². The Morgan fingerprint density at radius 2 is 1.58 bits per heavy atom. The van der Waals surface area contributed by atoms with Gasteiger partial charge in [-0.2, -0.15) is 0 Å². The molecule has 3 unspecified atom stereocenters. The van der Waals surface area contributed by atoms with Gasteiger partial charge in [0.2, 0.25) is 0 Å². The van der Waals surface area contributed by atoms with Crippen LogP contribution < -0.4 is 10.6 Å². The van der Waals surface area contributed by atoms with Gasteiger partial charge in [-0.1, -0.05) is 0 Å². The lowest BCUT2D eigenvalue weighted by molar-refractivity contribution is -0.119. The quantitative estimate of drug-likeness (QED) is 0.658. The zero-order chi connectivity index (χ0) is 12.3. The lowest BCUT2D eigenvalue weighted by Crippen LogP contribution is -2.51. The number of hydrogen-bond donors (Lipinski definition) is 2. The molecule has 0 aliphatic carbocycles. The Bertz CT molecular complexity index is 314. The number of halogens is 2. The summed E-state index contributed by atoms with van der Waals surface area (Å²) in [7, 11) is 0. The molecular weight excluding hydrogens is 293 g/mol. The minimum atomic E-state index is -0.572. The number of rotatable bonds is 4. The Morgan fingerprint density at radius 3 is 2.05 bits per heavy atom. The van der Waals surface area contributed by atoms with Gasteiger partial charge in [0.05, 0.1) is 12.1 Å². The Hall–Kier alpha value is -0.530. The number of nitrogens with one attached hydrogen (secondary N) is 2. The van der Waals surface area contributed by atoms with Crippen molar-refractivity contribution in [1.82, 2.24) is 15.5 Å². The van der Waals surface area contributed by atoms with Crippen LogP contribution in [0.3, 0.4) is 0 Å². The zero-order valence-electron chi connectivity index (χ0n) is 10.4. The number of piperidine rings is 1. The third kappa shape index (κ3) is 3.73. The van der Waals surface area contributed by atoms with Crippen LogP contribution in [0.15, 0.2) is 0 Å². The van der Waals surface area contributed by atoms with Gasteiger partial charge in [0.25, 0.3) is 0 Å². The summed E-state index contributed by atoms with van der Waals surface area (Å²) in [5.74, 6) is 0. The summed E-state index contributed by atoms with van der Waals surface area (Å²) in [4.78, 5) is 34.9. The van der Waals surface area contributed by atoms with E-state index in [1.165, 1.54) is 0 Å². The first-order valence-electron chi connectivity index (χ1n) is 5.92. The molecule has 2 aliphatic heterocycles. The summed E-state index contributed by atoms with van der Waals surface area (Å²) in [5, 5.41) is 6.11. The van der Waals surface area contributed by atoms with E-state index in [1.54, 1.807) is 0 Å². The molecule has 0 amide bonds. The molecule has 2 aliphatic rings. The van der Waals surface area contributed by atoms with Crippen molar-refractivity contribution in [2.24, 2.45) is 0 Å². The van der Waals surface area contributed by atoms with E-state index >= 15 is 0 Å². The molecule has 0 aromatic rings. The molecule has 110 valence electrons. The number of carbonyl (C=O) groups is 3. The van der Waals surface area contributed by atoms with Crippen molar-refractivity contribution in [2.75, 3.05) is 13.1 Å². The highest BCUT2D eigenvalue weighted by Gasteiger charge is 2.43. The van der Waals surface area contributed by atoms with E-state index in [-0.39, 0.29) is 30.9 Å². The summed E-state index contributed by atoms with van der Waals surface area (Å²) in [6.07, 6.45) is 3.49. The molecule has 2 rings (SSSR count). The van der Waals surface area contributed by atoms with Crippen LogP contribution in [-0.2, 0) is 14.4 Å². The van der Waals surface area contributed by atoms with Gasteiger partial charge in [-0.25, -0.2) is 0 Å². The van der Waals surface area contributed by atoms with Crippen molar-refractivity contribution in [3.05, 3.63) is 0 Å². The third-order valence-corrected chi connectivity index (χ3v) is 3.54. The predicted molar refractivity (Wildman–Crippen MR) is 74.9 cm³/mol. The van der Waals surface area contributed by atoms with Gasteiger partial charge in [0.15, 0.2) is 6.29 Å². The third-order valence-electron chi connectivity index (χ3n) is 3.54. The largest absolute Gasteiger partial charge is 0.317 e. The molecule has 2 heterocycles. The maximum Gasteiger partial charge on any atom is 0.151 e. The first-order valence-corrected chi connectivity index (χ1v) is 5.92. The molecule has 2 N–H and O–H groups in total. The molecule has 0 bridgehead atoms. The minimum absolute atomic E-state index is 0. The van der Waals surface area contributed by atoms with Crippen LogP contribution >= 0.6 is 24.8 Å². The average molecular weight is 312 g/mol. The molecule has 2 saturated heterocycles. The minimum Gasteiger partial charge on any atom is -0.317 e. The van der Waals surface area contributed by atoms with E-state index in [2.05, 4.69) is 10.6 Å². The summed E-state index contributed by atoms with van der Waals surface area (Å²) in [5.41, 5.74) is 0. The Balaban J connectivity index is 0.00000162. The Morgan fingerprint density at radius 1 is 0.947 bits per heavy atom. The maximum absolute atomic E-state index is 11.1. The fraction of sp³-hybridized carbons (Fsp3) is 0.727. The summed E-state index contributed by atoms with van der Waals surface area (Å²) < 4.78 is 0. The molecule has 0 spiro atoms. The van der Waals surface area contributed by atoms with Crippen molar-refractivity contribution in [2.45, 2.75) is 37.1 Å². The molecule has 0 radical (unpaired) electrons. The lowest BCUT2D eigenvalue weighted by atomic mass is 10.0. The van der Waals surface area contributed by atoms with Crippen LogP contribution in [0, 0.1) is 0 Å². The van der Waals surface area contributed by atoms with Gasteiger partial charge < -0.3 is 19.7 Å². The summed E-state index contributed by atoms with van der Waals surface area (Å²) >= 11 is 0. The van der Waals surface area contributed by atoms with E-state index < -0.39 is 18.2 Å². The van der Waals surface area contributed by atoms with Crippen molar-refractivity contribution < 1.29 is 14.4 Å². The van der Waals surface area contributed by atoms with E-state index in [4.69, 9.17) is 0 Å². The standard InChI is InChI=1S/C11H17N3O3.2ClH/c15-5-9-10(6-16)14(11(7-17)13-9)8-1-3-12-4-2-8;;/h5-13H,1-4H2;2*1H. The van der Waals surface area contributed by atoms with Gasteiger partial charge in [-0.05, 0) is 25.9 Å². The molecule has 2 fully saturated rings. The van der Waals surface area contributed by atoms with Crippen LogP contribution in [0.25, 0.3) is 0 Å². The average Bonchev–Trinajstić information content (AvgIpc) is 2.77. The monoisotopic (exact) mass is 311 g/mol. The van der Waals surface area contributed by atoms with Gasteiger partial charge in [0.1, 0.15) is 18.7 Å². The van der Waals surface area contributed by atoms with Crippen molar-refractivity contribution in [1.29, 1.82) is 0 Å². The zero-order valence-corrected chi connectivity index (χ0v) is 12.0. The SMILES string of the molecule is Cl.Cl.O=CC1NC(C=O)N(C2CCNCC2)C1C=O. The summed E-state index contributed by atoms with van der Waals surface area (Å²) in [6.45, 7) is 1.76. The summed E-state index contributed by atoms with van der Waals surface area (Å²) in [6, 6.07) is -0.914. The molecule has 8 heteroatoms. The van der Waals surface area contributed by atoms with E-state index in [0.717, 1.165) is 38.5 Å². The number of nitrogens with zero attached hydrogens (tertiary/aromatic N) is 1. The smallest absolute Gasteiger partial charge is 0.151 e. The molecular formula is C11H19Cl2N3O3. The molecule has 6 nitrogen and oxygen atoms in total. The van der Waals surface area contributed by atoms with Crippen LogP contribution in [0.5, 0.6) is 0 Å². The number of carbonyl (C=O) groups excluding carboxylic acids is 3. The highest BCUT2D eigenvalue weighted by atomic mass is 35.5. The first-order chi connectivity index (χ1) is 8.31. The topological polar surface area (TPSA) is 78.5 Å². The van der Waals surface area contributed by atoms with Gasteiger partial charge in [-0.15, -0.1) is 24.8 Å². The van der Waals surface area contributed by atoms with Crippen molar-refractivity contribution >= 4 is 43.7 Å². The fourth-order valence-electron chi connectivity index (χ4n) is 2.71. The van der Waals surface area contributed by atoms with Gasteiger partial charge >= 0.3 is 0 Å². The molecule has 19 heavy (non-hydrogen) atoms. The second-order valence-electron chi connectivity index (χ2n) is 4.46. The number of aldehydes is 3. The lowest BCUT2D eigenvalue weighted by Gasteiger charge is -2.35. The van der Waals surface area contributed by atoms with E-state index in [9.17, 15) is 14.4 Å². The van der Waals surface area contributed by atoms with Crippen molar-refractivity contribution in [3.8, 4) is 0 Å². The Labute approximate surface area is 124 Å². The fourth-order valence-corrected chi connectivity index (χ4v) is 2.71.